The van der Waals surface area contributed by atoms with E-state index in [2.05, 4.69) is 4.98 Å². The fraction of sp³-hybridized carbons (Fsp3) is 0.217. The predicted octanol–water partition coefficient (Wildman–Crippen LogP) is 4.80. The number of aromatic nitrogens is 1. The lowest BCUT2D eigenvalue weighted by Gasteiger charge is -2.12. The molecule has 2 heterocycles. The highest BCUT2D eigenvalue weighted by atomic mass is 16.6. The van der Waals surface area contributed by atoms with Crippen LogP contribution in [0.2, 0.25) is 0 Å². The van der Waals surface area contributed by atoms with E-state index in [1.807, 2.05) is 49.4 Å². The maximum Gasteiger partial charge on any atom is 0.375 e. The molecule has 0 fully saturated rings. The number of rotatable bonds is 6. The largest absolute Gasteiger partial charge is 0.449 e. The van der Waals surface area contributed by atoms with Crippen molar-refractivity contribution >= 4 is 33.6 Å². The lowest BCUT2D eigenvalue weighted by atomic mass is 10.0. The number of H-pyrrole nitrogens is 1. The van der Waals surface area contributed by atoms with Gasteiger partial charge in [-0.2, -0.15) is 0 Å². The molecule has 0 bridgehead atoms. The number of furan rings is 1. The molecule has 2 aromatic heterocycles. The first-order valence-electron chi connectivity index (χ1n) is 9.33. The third-order valence-corrected chi connectivity index (χ3v) is 4.97. The number of esters is 1. The van der Waals surface area contributed by atoms with E-state index >= 15 is 0 Å². The summed E-state index contributed by atoms with van der Waals surface area (Å²) in [6, 6.07) is 14.9. The number of carbonyl (C=O) groups is 2. The Labute approximate surface area is 167 Å². The second kappa shape index (κ2) is 7.56. The first-order chi connectivity index (χ1) is 14.0. The van der Waals surface area contributed by atoms with E-state index in [0.29, 0.717) is 16.7 Å². The molecule has 0 saturated carbocycles. The monoisotopic (exact) mass is 391 g/mol. The minimum Gasteiger partial charge on any atom is -0.449 e. The first-order valence-corrected chi connectivity index (χ1v) is 9.33. The van der Waals surface area contributed by atoms with Crippen molar-refractivity contribution in [3.8, 4) is 0 Å². The van der Waals surface area contributed by atoms with Gasteiger partial charge in [0.2, 0.25) is 11.5 Å². The summed E-state index contributed by atoms with van der Waals surface area (Å²) < 4.78 is 16.4. The molecular formula is C23H21NO5. The van der Waals surface area contributed by atoms with Crippen molar-refractivity contribution in [2.45, 2.75) is 26.6 Å². The van der Waals surface area contributed by atoms with Gasteiger partial charge >= 0.3 is 5.97 Å². The molecule has 4 rings (SSSR count). The van der Waals surface area contributed by atoms with Crippen molar-refractivity contribution in [3.05, 3.63) is 71.1 Å². The fourth-order valence-corrected chi connectivity index (χ4v) is 3.62. The van der Waals surface area contributed by atoms with Crippen molar-refractivity contribution in [1.29, 1.82) is 0 Å². The Morgan fingerprint density at radius 3 is 2.52 bits per heavy atom. The van der Waals surface area contributed by atoms with Gasteiger partial charge in [-0.3, -0.25) is 4.79 Å². The van der Waals surface area contributed by atoms with Gasteiger partial charge in [0.05, 0.1) is 6.61 Å². The second-order valence-corrected chi connectivity index (χ2v) is 6.92. The summed E-state index contributed by atoms with van der Waals surface area (Å²) in [6.07, 6.45) is -0.969. The molecule has 0 radical (unpaired) electrons. The molecule has 1 N–H and O–H groups in total. The Hall–Kier alpha value is -3.38. The van der Waals surface area contributed by atoms with Crippen LogP contribution in [0.5, 0.6) is 0 Å². The summed E-state index contributed by atoms with van der Waals surface area (Å²) in [5.41, 5.74) is 3.31. The van der Waals surface area contributed by atoms with Gasteiger partial charge < -0.3 is 18.9 Å². The molecule has 0 aliphatic heterocycles. The zero-order valence-electron chi connectivity index (χ0n) is 16.4. The Balaban J connectivity index is 1.63. The smallest absolute Gasteiger partial charge is 0.375 e. The molecule has 1 atom stereocenters. The van der Waals surface area contributed by atoms with E-state index in [9.17, 15) is 9.59 Å². The van der Waals surface area contributed by atoms with Crippen LogP contribution in [0.4, 0.5) is 0 Å². The summed E-state index contributed by atoms with van der Waals surface area (Å²) in [6.45, 7) is 3.60. The number of aryl methyl sites for hydroxylation is 1. The molecule has 6 nitrogen and oxygen atoms in total. The fourth-order valence-electron chi connectivity index (χ4n) is 3.62. The quantitative estimate of drug-likeness (QED) is 0.377. The molecule has 0 amide bonds. The molecule has 0 aliphatic rings. The zero-order chi connectivity index (χ0) is 20.5. The van der Waals surface area contributed by atoms with Gasteiger partial charge in [-0.05, 0) is 26.0 Å². The van der Waals surface area contributed by atoms with E-state index in [1.54, 1.807) is 20.1 Å². The molecular weight excluding hydrogens is 370 g/mol. The number of carbonyl (C=O) groups excluding carboxylic acids is 2. The molecule has 0 spiro atoms. The van der Waals surface area contributed by atoms with Crippen LogP contribution in [-0.2, 0) is 16.1 Å². The second-order valence-electron chi connectivity index (χ2n) is 6.92. The van der Waals surface area contributed by atoms with Gasteiger partial charge in [-0.15, -0.1) is 0 Å². The number of fused-ring (bicyclic) bond motifs is 2. The van der Waals surface area contributed by atoms with E-state index in [0.717, 1.165) is 22.0 Å². The van der Waals surface area contributed by atoms with Crippen molar-refractivity contribution in [2.24, 2.45) is 0 Å². The van der Waals surface area contributed by atoms with Gasteiger partial charge in [-0.1, -0.05) is 36.4 Å². The third kappa shape index (κ3) is 3.32. The van der Waals surface area contributed by atoms with Crippen LogP contribution in [0.25, 0.3) is 21.9 Å². The average Bonchev–Trinajstić information content (AvgIpc) is 3.25. The van der Waals surface area contributed by atoms with Crippen LogP contribution in [-0.4, -0.2) is 30.0 Å². The highest BCUT2D eigenvalue weighted by Gasteiger charge is 2.28. The Kier molecular flexibility index (Phi) is 4.94. The summed E-state index contributed by atoms with van der Waals surface area (Å²) in [5, 5.41) is 1.59. The summed E-state index contributed by atoms with van der Waals surface area (Å²) in [7, 11) is 1.54. The molecule has 6 heteroatoms. The topological polar surface area (TPSA) is 81.5 Å². The van der Waals surface area contributed by atoms with Crippen molar-refractivity contribution in [2.75, 3.05) is 7.11 Å². The predicted molar refractivity (Wildman–Crippen MR) is 109 cm³/mol. The van der Waals surface area contributed by atoms with E-state index in [4.69, 9.17) is 13.9 Å². The average molecular weight is 391 g/mol. The minimum atomic E-state index is -0.969. The Morgan fingerprint density at radius 2 is 1.76 bits per heavy atom. The number of aromatic amines is 1. The third-order valence-electron chi connectivity index (χ3n) is 4.97. The molecule has 0 aliphatic carbocycles. The van der Waals surface area contributed by atoms with Crippen molar-refractivity contribution in [3.63, 3.8) is 0 Å². The molecule has 0 saturated heterocycles. The van der Waals surface area contributed by atoms with Gasteiger partial charge in [0.1, 0.15) is 5.58 Å². The van der Waals surface area contributed by atoms with Crippen LogP contribution >= 0.6 is 0 Å². The molecule has 4 aromatic rings. The highest BCUT2D eigenvalue weighted by Crippen LogP contribution is 2.28. The SMILES string of the molecule is COCc1c(C(=O)O[C@H](C)C(=O)c2c(C)[nH]c3ccccc23)oc2ccccc12. The van der Waals surface area contributed by atoms with Crippen LogP contribution in [0.3, 0.4) is 0 Å². The number of ether oxygens (including phenoxy) is 2. The molecule has 29 heavy (non-hydrogen) atoms. The van der Waals surface area contributed by atoms with Crippen LogP contribution < -0.4 is 0 Å². The maximum absolute atomic E-state index is 13.0. The van der Waals surface area contributed by atoms with Crippen LogP contribution in [0.1, 0.15) is 39.1 Å². The summed E-state index contributed by atoms with van der Waals surface area (Å²) in [4.78, 5) is 29.0. The summed E-state index contributed by atoms with van der Waals surface area (Å²) in [5.74, 6) is -0.896. The lowest BCUT2D eigenvalue weighted by molar-refractivity contribution is 0.0287. The number of nitrogens with one attached hydrogen (secondary N) is 1. The van der Waals surface area contributed by atoms with Gasteiger partial charge in [-0.25, -0.2) is 4.79 Å². The van der Waals surface area contributed by atoms with Gasteiger partial charge in [0, 0.05) is 40.2 Å². The lowest BCUT2D eigenvalue weighted by Crippen LogP contribution is -2.25. The number of benzene rings is 2. The summed E-state index contributed by atoms with van der Waals surface area (Å²) >= 11 is 0. The number of hydrogen-bond acceptors (Lipinski definition) is 5. The Morgan fingerprint density at radius 1 is 1.07 bits per heavy atom. The van der Waals surface area contributed by atoms with Crippen LogP contribution in [0, 0.1) is 6.92 Å². The van der Waals surface area contributed by atoms with Gasteiger partial charge in [0.15, 0.2) is 6.10 Å². The Bertz CT molecular complexity index is 1220. The standard InChI is InChI=1S/C23H21NO5/c1-13-20(16-9-4-6-10-18(16)24-13)21(25)14(2)28-23(26)22-17(12-27-3)15-8-5-7-11-19(15)29-22/h4-11,14,24H,12H2,1-3H3/t14-/m1/s1. The minimum absolute atomic E-state index is 0.0587. The normalized spacial score (nSPS) is 12.4. The maximum atomic E-state index is 13.0. The number of ketones is 1. The van der Waals surface area contributed by atoms with E-state index in [1.165, 1.54) is 0 Å². The number of hydrogen-bond donors (Lipinski definition) is 1. The van der Waals surface area contributed by atoms with Crippen molar-refractivity contribution < 1.29 is 23.5 Å². The number of methoxy groups -OCH3 is 1. The van der Waals surface area contributed by atoms with Crippen LogP contribution in [0.15, 0.2) is 52.9 Å². The van der Waals surface area contributed by atoms with E-state index in [-0.39, 0.29) is 18.2 Å². The van der Waals surface area contributed by atoms with E-state index < -0.39 is 12.1 Å². The zero-order valence-corrected chi connectivity index (χ0v) is 16.4. The number of Topliss-reactive ketones (excluding diaryl/α,β-unsaturated/α-hetero) is 1. The molecule has 2 aromatic carbocycles. The molecule has 148 valence electrons. The first kappa shape index (κ1) is 19.0. The highest BCUT2D eigenvalue weighted by molar-refractivity contribution is 6.11. The molecule has 0 unspecified atom stereocenters. The number of para-hydroxylation sites is 2. The van der Waals surface area contributed by atoms with Gasteiger partial charge in [0.25, 0.3) is 0 Å². The van der Waals surface area contributed by atoms with Crippen molar-refractivity contribution in [1.82, 2.24) is 4.98 Å².